The molecule has 1 aromatic carbocycles. The third-order valence-corrected chi connectivity index (χ3v) is 4.43. The summed E-state index contributed by atoms with van der Waals surface area (Å²) in [5, 5.41) is 12.3. The van der Waals surface area contributed by atoms with Crippen molar-refractivity contribution in [2.75, 3.05) is 27.9 Å². The molecule has 0 aliphatic rings. The van der Waals surface area contributed by atoms with Crippen LogP contribution in [0.25, 0.3) is 0 Å². The molecule has 0 bridgehead atoms. The predicted octanol–water partition coefficient (Wildman–Crippen LogP) is 2.31. The van der Waals surface area contributed by atoms with Crippen LogP contribution in [0.3, 0.4) is 0 Å². The molecule has 8 heteroatoms. The third kappa shape index (κ3) is 5.22. The summed E-state index contributed by atoms with van der Waals surface area (Å²) in [5.74, 6) is -0.537. The maximum Gasteiger partial charge on any atom is 0.343 e. The summed E-state index contributed by atoms with van der Waals surface area (Å²) in [6.07, 6.45) is 1.27. The second-order valence-electron chi connectivity index (χ2n) is 5.77. The van der Waals surface area contributed by atoms with E-state index in [9.17, 15) is 14.7 Å². The maximum absolute atomic E-state index is 12.9. The molecule has 2 N–H and O–H groups in total. The number of rotatable bonds is 9. The van der Waals surface area contributed by atoms with E-state index in [-0.39, 0.29) is 35.5 Å². The van der Waals surface area contributed by atoms with Crippen LogP contribution in [-0.2, 0) is 9.53 Å². The van der Waals surface area contributed by atoms with Gasteiger partial charge in [-0.25, -0.2) is 4.79 Å². The fourth-order valence-electron chi connectivity index (χ4n) is 2.16. The smallest absolute Gasteiger partial charge is 0.343 e. The Morgan fingerprint density at radius 1 is 1.19 bits per heavy atom. The quantitative estimate of drug-likeness (QED) is 0.204. The molecule has 0 spiro atoms. The average Bonchev–Trinajstić information content (AvgIpc) is 2.63. The number of benzene rings is 1. The second kappa shape index (κ2) is 10.2. The summed E-state index contributed by atoms with van der Waals surface area (Å²) < 4.78 is 15.7. The first-order chi connectivity index (χ1) is 12.3. The number of nitrogens with one attached hydrogen (secondary N) is 1. The minimum atomic E-state index is -0.795. The van der Waals surface area contributed by atoms with Gasteiger partial charge in [-0.3, -0.25) is 4.79 Å². The van der Waals surface area contributed by atoms with Crippen LogP contribution in [0.15, 0.2) is 28.4 Å². The van der Waals surface area contributed by atoms with Gasteiger partial charge in [0.2, 0.25) is 5.78 Å². The topological polar surface area (TPSA) is 94.1 Å². The molecule has 0 radical (unpaired) electrons. The third-order valence-electron chi connectivity index (χ3n) is 3.81. The number of ketones is 1. The highest BCUT2D eigenvalue weighted by Crippen LogP contribution is 2.34. The number of aliphatic hydroxyl groups is 1. The zero-order valence-electron chi connectivity index (χ0n) is 15.5. The Hall–Kier alpha value is -2.06. The van der Waals surface area contributed by atoms with Crippen molar-refractivity contribution in [2.24, 2.45) is 5.92 Å². The number of aliphatic hydroxyl groups excluding tert-OH is 1. The van der Waals surface area contributed by atoms with Crippen LogP contribution >= 0.6 is 15.9 Å². The lowest BCUT2D eigenvalue weighted by Gasteiger charge is -2.19. The Kier molecular flexibility index (Phi) is 8.60. The summed E-state index contributed by atoms with van der Waals surface area (Å²) in [6, 6.07) is 2.75. The van der Waals surface area contributed by atoms with Crippen LogP contribution in [0.4, 0.5) is 0 Å². The predicted molar refractivity (Wildman–Crippen MR) is 101 cm³/mol. The van der Waals surface area contributed by atoms with E-state index in [1.165, 1.54) is 33.6 Å². The number of halogens is 1. The van der Waals surface area contributed by atoms with E-state index in [1.807, 2.05) is 13.8 Å². The summed E-state index contributed by atoms with van der Waals surface area (Å²) in [4.78, 5) is 25.0. The van der Waals surface area contributed by atoms with Gasteiger partial charge in [0, 0.05) is 12.3 Å². The highest BCUT2D eigenvalue weighted by Gasteiger charge is 2.25. The molecule has 0 unspecified atom stereocenters. The van der Waals surface area contributed by atoms with Gasteiger partial charge in [0.05, 0.1) is 44.0 Å². The molecule has 0 aromatic heterocycles. The van der Waals surface area contributed by atoms with Crippen molar-refractivity contribution in [1.82, 2.24) is 5.32 Å². The molecule has 0 saturated heterocycles. The second-order valence-corrected chi connectivity index (χ2v) is 6.62. The SMILES string of the molecule is COC(=O)C(=CN[C@H](CO)C(C)C)C(=O)c1cc(Br)c(OC)cc1OC. The van der Waals surface area contributed by atoms with Gasteiger partial charge in [-0.2, -0.15) is 0 Å². The van der Waals surface area contributed by atoms with Crippen LogP contribution in [0, 0.1) is 5.92 Å². The number of hydrogen-bond donors (Lipinski definition) is 2. The van der Waals surface area contributed by atoms with E-state index in [0.717, 1.165) is 0 Å². The van der Waals surface area contributed by atoms with Crippen LogP contribution < -0.4 is 14.8 Å². The molecule has 7 nitrogen and oxygen atoms in total. The van der Waals surface area contributed by atoms with Crippen LogP contribution in [0.1, 0.15) is 24.2 Å². The Balaban J connectivity index is 3.34. The minimum Gasteiger partial charge on any atom is -0.496 e. The van der Waals surface area contributed by atoms with Crippen LogP contribution in [-0.4, -0.2) is 50.8 Å². The Bertz CT molecular complexity index is 687. The van der Waals surface area contributed by atoms with E-state index < -0.39 is 11.8 Å². The van der Waals surface area contributed by atoms with Gasteiger partial charge >= 0.3 is 5.97 Å². The molecule has 26 heavy (non-hydrogen) atoms. The largest absolute Gasteiger partial charge is 0.496 e. The van der Waals surface area contributed by atoms with Crippen LogP contribution in [0.5, 0.6) is 11.5 Å². The van der Waals surface area contributed by atoms with Crippen molar-refractivity contribution >= 4 is 27.7 Å². The number of methoxy groups -OCH3 is 3. The number of carbonyl (C=O) groups is 2. The average molecular weight is 430 g/mol. The molecule has 0 aliphatic heterocycles. The molecule has 0 heterocycles. The van der Waals surface area contributed by atoms with Gasteiger partial charge in [-0.15, -0.1) is 0 Å². The van der Waals surface area contributed by atoms with Crippen molar-refractivity contribution in [3.05, 3.63) is 33.9 Å². The standard InChI is InChI=1S/C18H24BrNO6/c1-10(2)14(9-21)20-8-12(18(23)26-5)17(22)11-6-13(19)16(25-4)7-15(11)24-3/h6-8,10,14,20-21H,9H2,1-5H3/t14-/m1/s1. The molecule has 0 saturated carbocycles. The van der Waals surface area contributed by atoms with Gasteiger partial charge < -0.3 is 24.6 Å². The molecular weight excluding hydrogens is 406 g/mol. The summed E-state index contributed by atoms with van der Waals surface area (Å²) in [6.45, 7) is 3.67. The van der Waals surface area contributed by atoms with Crippen molar-refractivity contribution in [2.45, 2.75) is 19.9 Å². The monoisotopic (exact) mass is 429 g/mol. The van der Waals surface area contributed by atoms with Crippen molar-refractivity contribution in [1.29, 1.82) is 0 Å². The summed E-state index contributed by atoms with van der Waals surface area (Å²) >= 11 is 3.32. The fraction of sp³-hybridized carbons (Fsp3) is 0.444. The van der Waals surface area contributed by atoms with Crippen LogP contribution in [0.2, 0.25) is 0 Å². The maximum atomic E-state index is 12.9. The normalized spacial score (nSPS) is 12.5. The molecule has 144 valence electrons. The first-order valence-electron chi connectivity index (χ1n) is 7.92. The van der Waals surface area contributed by atoms with Crippen molar-refractivity contribution in [3.8, 4) is 11.5 Å². The van der Waals surface area contributed by atoms with E-state index in [1.54, 1.807) is 6.07 Å². The molecule has 1 aromatic rings. The Morgan fingerprint density at radius 2 is 1.81 bits per heavy atom. The van der Waals surface area contributed by atoms with E-state index in [0.29, 0.717) is 10.2 Å². The zero-order valence-corrected chi connectivity index (χ0v) is 17.0. The molecule has 0 aliphatic carbocycles. The van der Waals surface area contributed by atoms with E-state index >= 15 is 0 Å². The zero-order chi connectivity index (χ0) is 19.9. The van der Waals surface area contributed by atoms with E-state index in [4.69, 9.17) is 14.2 Å². The lowest BCUT2D eigenvalue weighted by atomic mass is 10.0. The Labute approximate surface area is 161 Å². The number of ether oxygens (including phenoxy) is 3. The highest BCUT2D eigenvalue weighted by atomic mass is 79.9. The summed E-state index contributed by atoms with van der Waals surface area (Å²) in [5.41, 5.74) is -0.0364. The number of hydrogen-bond acceptors (Lipinski definition) is 7. The lowest BCUT2D eigenvalue weighted by molar-refractivity contribution is -0.135. The first kappa shape index (κ1) is 22.0. The minimum absolute atomic E-state index is 0.0925. The fourth-order valence-corrected chi connectivity index (χ4v) is 2.66. The highest BCUT2D eigenvalue weighted by molar-refractivity contribution is 9.10. The van der Waals surface area contributed by atoms with Gasteiger partial charge in [-0.1, -0.05) is 13.8 Å². The van der Waals surface area contributed by atoms with Gasteiger partial charge in [0.25, 0.3) is 0 Å². The molecular formula is C18H24BrNO6. The Morgan fingerprint density at radius 3 is 2.27 bits per heavy atom. The molecule has 1 atom stereocenters. The van der Waals surface area contributed by atoms with E-state index in [2.05, 4.69) is 21.2 Å². The lowest BCUT2D eigenvalue weighted by Crippen LogP contribution is -2.34. The molecule has 0 amide bonds. The summed E-state index contributed by atoms with van der Waals surface area (Å²) in [7, 11) is 4.10. The number of esters is 1. The molecule has 1 rings (SSSR count). The first-order valence-corrected chi connectivity index (χ1v) is 8.71. The van der Waals surface area contributed by atoms with Crippen molar-refractivity contribution < 1.29 is 28.9 Å². The van der Waals surface area contributed by atoms with Gasteiger partial charge in [-0.05, 0) is 27.9 Å². The van der Waals surface area contributed by atoms with Gasteiger partial charge in [0.1, 0.15) is 17.1 Å². The van der Waals surface area contributed by atoms with Gasteiger partial charge in [0.15, 0.2) is 0 Å². The molecule has 0 fully saturated rings. The number of carbonyl (C=O) groups excluding carboxylic acids is 2. The number of Topliss-reactive ketones (excluding diaryl/α,β-unsaturated/α-hetero) is 1. The van der Waals surface area contributed by atoms with Crippen molar-refractivity contribution in [3.63, 3.8) is 0 Å².